The molecule has 100 valence electrons. The van der Waals surface area contributed by atoms with E-state index < -0.39 is 17.7 Å². The minimum Gasteiger partial charge on any atom is -0.394 e. The fourth-order valence-corrected chi connectivity index (χ4v) is 2.58. The van der Waals surface area contributed by atoms with Gasteiger partial charge in [0.25, 0.3) is 0 Å². The van der Waals surface area contributed by atoms with E-state index in [-0.39, 0.29) is 12.2 Å². The molecule has 0 heterocycles. The van der Waals surface area contributed by atoms with E-state index in [2.05, 4.69) is 5.32 Å². The fourth-order valence-electron chi connectivity index (χ4n) is 2.58. The van der Waals surface area contributed by atoms with Crippen LogP contribution in [-0.2, 0) is 0 Å². The van der Waals surface area contributed by atoms with Gasteiger partial charge >= 0.3 is 0 Å². The van der Waals surface area contributed by atoms with Crippen molar-refractivity contribution in [3.63, 3.8) is 0 Å². The zero-order valence-corrected chi connectivity index (χ0v) is 10.3. The Bertz CT molecular complexity index is 391. The molecule has 2 rings (SSSR count). The molecule has 1 atom stereocenters. The van der Waals surface area contributed by atoms with Crippen molar-refractivity contribution in [1.29, 1.82) is 0 Å². The van der Waals surface area contributed by atoms with Crippen LogP contribution in [0.1, 0.15) is 43.7 Å². The molecule has 4 heteroatoms. The van der Waals surface area contributed by atoms with E-state index in [1.165, 1.54) is 6.42 Å². The zero-order chi connectivity index (χ0) is 13.0. The SMILES string of the molecule is OCC(NC1CCCCC1)c1cc(F)ccc1F. The van der Waals surface area contributed by atoms with Crippen LogP contribution in [0.3, 0.4) is 0 Å². The standard InChI is InChI=1S/C14H19F2NO/c15-10-6-7-13(16)12(8-10)14(9-18)17-11-4-2-1-3-5-11/h6-8,11,14,17-18H,1-5,9H2. The van der Waals surface area contributed by atoms with Gasteiger partial charge in [-0.2, -0.15) is 0 Å². The Labute approximate surface area is 106 Å². The number of aliphatic hydroxyl groups is 1. The number of halogens is 2. The first-order valence-corrected chi connectivity index (χ1v) is 6.52. The fraction of sp³-hybridized carbons (Fsp3) is 0.571. The number of nitrogens with one attached hydrogen (secondary N) is 1. The highest BCUT2D eigenvalue weighted by atomic mass is 19.1. The maximum Gasteiger partial charge on any atom is 0.128 e. The Morgan fingerprint density at radius 3 is 2.61 bits per heavy atom. The van der Waals surface area contributed by atoms with E-state index in [0.717, 1.165) is 43.9 Å². The first-order chi connectivity index (χ1) is 8.70. The second kappa shape index (κ2) is 6.25. The van der Waals surface area contributed by atoms with Gasteiger partial charge in [0.05, 0.1) is 12.6 Å². The third kappa shape index (κ3) is 3.27. The van der Waals surface area contributed by atoms with Gasteiger partial charge in [-0.25, -0.2) is 8.78 Å². The maximum absolute atomic E-state index is 13.6. The molecule has 0 bridgehead atoms. The molecular weight excluding hydrogens is 236 g/mol. The van der Waals surface area contributed by atoms with E-state index >= 15 is 0 Å². The summed E-state index contributed by atoms with van der Waals surface area (Å²) in [7, 11) is 0. The lowest BCUT2D eigenvalue weighted by molar-refractivity contribution is 0.217. The van der Waals surface area contributed by atoms with Crippen molar-refractivity contribution < 1.29 is 13.9 Å². The molecule has 0 aliphatic heterocycles. The van der Waals surface area contributed by atoms with Crippen molar-refractivity contribution in [2.75, 3.05) is 6.61 Å². The summed E-state index contributed by atoms with van der Waals surface area (Å²) < 4.78 is 26.8. The summed E-state index contributed by atoms with van der Waals surface area (Å²) in [5, 5.41) is 12.6. The van der Waals surface area contributed by atoms with E-state index in [9.17, 15) is 13.9 Å². The predicted octanol–water partition coefficient (Wildman–Crippen LogP) is 2.92. The van der Waals surface area contributed by atoms with E-state index in [1.54, 1.807) is 0 Å². The summed E-state index contributed by atoms with van der Waals surface area (Å²) in [6, 6.07) is 3.12. The molecule has 1 aliphatic rings. The van der Waals surface area contributed by atoms with Gasteiger partial charge in [0.15, 0.2) is 0 Å². The maximum atomic E-state index is 13.6. The number of rotatable bonds is 4. The minimum absolute atomic E-state index is 0.211. The van der Waals surface area contributed by atoms with Gasteiger partial charge in [-0.1, -0.05) is 19.3 Å². The second-order valence-corrected chi connectivity index (χ2v) is 4.90. The smallest absolute Gasteiger partial charge is 0.128 e. The summed E-state index contributed by atoms with van der Waals surface area (Å²) in [6.45, 7) is -0.225. The van der Waals surface area contributed by atoms with Gasteiger partial charge in [-0.15, -0.1) is 0 Å². The third-order valence-electron chi connectivity index (χ3n) is 3.56. The van der Waals surface area contributed by atoms with Crippen LogP contribution in [0.5, 0.6) is 0 Å². The largest absolute Gasteiger partial charge is 0.394 e. The number of hydrogen-bond acceptors (Lipinski definition) is 2. The van der Waals surface area contributed by atoms with Gasteiger partial charge in [-0.3, -0.25) is 0 Å². The van der Waals surface area contributed by atoms with Crippen LogP contribution >= 0.6 is 0 Å². The Morgan fingerprint density at radius 1 is 1.22 bits per heavy atom. The van der Waals surface area contributed by atoms with E-state index in [0.29, 0.717) is 6.04 Å². The third-order valence-corrected chi connectivity index (χ3v) is 3.56. The molecule has 1 aliphatic carbocycles. The molecule has 2 nitrogen and oxygen atoms in total. The molecule has 18 heavy (non-hydrogen) atoms. The van der Waals surface area contributed by atoms with Crippen LogP contribution in [-0.4, -0.2) is 17.8 Å². The van der Waals surface area contributed by atoms with Crippen molar-refractivity contribution in [2.45, 2.75) is 44.2 Å². The number of aliphatic hydroxyl groups excluding tert-OH is 1. The van der Waals surface area contributed by atoms with Crippen molar-refractivity contribution in [3.05, 3.63) is 35.4 Å². The Kier molecular flexibility index (Phi) is 4.66. The summed E-state index contributed by atoms with van der Waals surface area (Å²) in [5.41, 5.74) is 0.211. The van der Waals surface area contributed by atoms with Crippen molar-refractivity contribution in [1.82, 2.24) is 5.32 Å². The highest BCUT2D eigenvalue weighted by molar-refractivity contribution is 5.22. The molecule has 0 aromatic heterocycles. The summed E-state index contributed by atoms with van der Waals surface area (Å²) in [5.74, 6) is -0.950. The monoisotopic (exact) mass is 255 g/mol. The van der Waals surface area contributed by atoms with Crippen LogP contribution in [0, 0.1) is 11.6 Å². The van der Waals surface area contributed by atoms with Crippen molar-refractivity contribution in [3.8, 4) is 0 Å². The van der Waals surface area contributed by atoms with E-state index in [1.807, 2.05) is 0 Å². The predicted molar refractivity (Wildman–Crippen MR) is 66.2 cm³/mol. The number of hydrogen-bond donors (Lipinski definition) is 2. The Balaban J connectivity index is 2.09. The molecule has 0 amide bonds. The highest BCUT2D eigenvalue weighted by Gasteiger charge is 2.21. The van der Waals surface area contributed by atoms with Gasteiger partial charge < -0.3 is 10.4 Å². The molecule has 0 spiro atoms. The molecule has 1 saturated carbocycles. The molecular formula is C14H19F2NO. The average Bonchev–Trinajstić information content (AvgIpc) is 2.40. The summed E-state index contributed by atoms with van der Waals surface area (Å²) >= 11 is 0. The quantitative estimate of drug-likeness (QED) is 0.867. The summed E-state index contributed by atoms with van der Waals surface area (Å²) in [6.07, 6.45) is 5.61. The lowest BCUT2D eigenvalue weighted by atomic mass is 9.94. The van der Waals surface area contributed by atoms with Crippen LogP contribution in [0.25, 0.3) is 0 Å². The van der Waals surface area contributed by atoms with Crippen molar-refractivity contribution in [2.24, 2.45) is 0 Å². The van der Waals surface area contributed by atoms with Crippen LogP contribution in [0.4, 0.5) is 8.78 Å². The molecule has 0 saturated heterocycles. The topological polar surface area (TPSA) is 32.3 Å². The highest BCUT2D eigenvalue weighted by Crippen LogP contribution is 2.23. The normalized spacial score (nSPS) is 18.8. The summed E-state index contributed by atoms with van der Waals surface area (Å²) in [4.78, 5) is 0. The van der Waals surface area contributed by atoms with Crippen LogP contribution in [0.15, 0.2) is 18.2 Å². The average molecular weight is 255 g/mol. The van der Waals surface area contributed by atoms with Gasteiger partial charge in [0, 0.05) is 11.6 Å². The molecule has 1 fully saturated rings. The Hall–Kier alpha value is -1.00. The first kappa shape index (κ1) is 13.4. The van der Waals surface area contributed by atoms with Gasteiger partial charge in [0.2, 0.25) is 0 Å². The Morgan fingerprint density at radius 2 is 1.94 bits per heavy atom. The molecule has 1 aromatic rings. The minimum atomic E-state index is -0.524. The van der Waals surface area contributed by atoms with Crippen LogP contribution in [0.2, 0.25) is 0 Å². The molecule has 1 unspecified atom stereocenters. The second-order valence-electron chi connectivity index (χ2n) is 4.90. The molecule has 0 radical (unpaired) electrons. The molecule has 2 N–H and O–H groups in total. The zero-order valence-electron chi connectivity index (χ0n) is 10.3. The van der Waals surface area contributed by atoms with Gasteiger partial charge in [-0.05, 0) is 31.0 Å². The number of benzene rings is 1. The first-order valence-electron chi connectivity index (χ1n) is 6.52. The van der Waals surface area contributed by atoms with Crippen molar-refractivity contribution >= 4 is 0 Å². The van der Waals surface area contributed by atoms with E-state index in [4.69, 9.17) is 0 Å². The van der Waals surface area contributed by atoms with Crippen LogP contribution < -0.4 is 5.32 Å². The molecule has 1 aromatic carbocycles. The lowest BCUT2D eigenvalue weighted by Crippen LogP contribution is -2.36. The lowest BCUT2D eigenvalue weighted by Gasteiger charge is -2.28. The van der Waals surface area contributed by atoms with Gasteiger partial charge in [0.1, 0.15) is 11.6 Å².